The largest absolute Gasteiger partial charge is 0.372 e. The quantitative estimate of drug-likeness (QED) is 0.755. The Bertz CT molecular complexity index is 464. The molecule has 1 aromatic rings. The van der Waals surface area contributed by atoms with E-state index in [1.54, 1.807) is 13.2 Å². The van der Waals surface area contributed by atoms with Gasteiger partial charge in [0.1, 0.15) is 5.02 Å². The first-order valence-corrected chi connectivity index (χ1v) is 5.99. The Balaban J connectivity index is 2.34. The number of nitrogens with zero attached hydrogens (tertiary/aromatic N) is 3. The molecule has 1 saturated heterocycles. The van der Waals surface area contributed by atoms with Gasteiger partial charge >= 0.3 is 0 Å². The van der Waals surface area contributed by atoms with Crippen LogP contribution in [-0.4, -0.2) is 35.1 Å². The van der Waals surface area contributed by atoms with E-state index < -0.39 is 0 Å². The van der Waals surface area contributed by atoms with Crippen molar-refractivity contribution >= 4 is 17.3 Å². The third-order valence-electron chi connectivity index (χ3n) is 2.82. The third kappa shape index (κ3) is 2.45. The molecule has 0 N–H and O–H groups in total. The SMILES string of the molecule is CC1CN(c2cnn(C)c(=O)c2Cl)CC(C)O1. The molecule has 0 aliphatic carbocycles. The summed E-state index contributed by atoms with van der Waals surface area (Å²) in [4.78, 5) is 13.8. The maximum atomic E-state index is 11.7. The van der Waals surface area contributed by atoms with Crippen LogP contribution in [0.4, 0.5) is 5.69 Å². The monoisotopic (exact) mass is 257 g/mol. The van der Waals surface area contributed by atoms with Gasteiger partial charge in [-0.15, -0.1) is 0 Å². The number of aryl methyl sites for hydroxylation is 1. The second-order valence-electron chi connectivity index (χ2n) is 4.43. The predicted octanol–water partition coefficient (Wildman–Crippen LogP) is 1.05. The van der Waals surface area contributed by atoms with E-state index in [0.717, 1.165) is 13.1 Å². The molecule has 1 aliphatic rings. The van der Waals surface area contributed by atoms with Crippen LogP contribution in [0, 0.1) is 0 Å². The first kappa shape index (κ1) is 12.4. The zero-order valence-corrected chi connectivity index (χ0v) is 10.9. The van der Waals surface area contributed by atoms with Crippen molar-refractivity contribution in [1.29, 1.82) is 0 Å². The van der Waals surface area contributed by atoms with Crippen LogP contribution in [0.15, 0.2) is 11.0 Å². The maximum absolute atomic E-state index is 11.7. The Hall–Kier alpha value is -1.07. The van der Waals surface area contributed by atoms with Crippen molar-refractivity contribution in [2.24, 2.45) is 7.05 Å². The highest BCUT2D eigenvalue weighted by Gasteiger charge is 2.25. The third-order valence-corrected chi connectivity index (χ3v) is 3.18. The molecule has 2 atom stereocenters. The highest BCUT2D eigenvalue weighted by Crippen LogP contribution is 2.24. The van der Waals surface area contributed by atoms with Crippen LogP contribution >= 0.6 is 11.6 Å². The minimum atomic E-state index is -0.268. The Morgan fingerprint density at radius 3 is 2.59 bits per heavy atom. The summed E-state index contributed by atoms with van der Waals surface area (Å²) in [7, 11) is 1.59. The molecule has 0 spiro atoms. The van der Waals surface area contributed by atoms with Gasteiger partial charge in [-0.3, -0.25) is 4.79 Å². The summed E-state index contributed by atoms with van der Waals surface area (Å²) in [6.45, 7) is 5.45. The number of ether oxygens (including phenoxy) is 1. The van der Waals surface area contributed by atoms with Crippen molar-refractivity contribution in [2.75, 3.05) is 18.0 Å². The molecule has 2 rings (SSSR count). The van der Waals surface area contributed by atoms with Crippen molar-refractivity contribution < 1.29 is 4.74 Å². The standard InChI is InChI=1S/C11H16ClN3O2/c1-7-5-15(6-8(2)17-7)9-4-13-14(3)11(16)10(9)12/h4,7-8H,5-6H2,1-3H3. The van der Waals surface area contributed by atoms with Gasteiger partial charge in [0.05, 0.1) is 24.1 Å². The molecule has 0 bridgehead atoms. The van der Waals surface area contributed by atoms with Gasteiger partial charge in [0.25, 0.3) is 5.56 Å². The number of morpholine rings is 1. The second kappa shape index (κ2) is 4.66. The van der Waals surface area contributed by atoms with Crippen molar-refractivity contribution in [2.45, 2.75) is 26.1 Å². The number of aromatic nitrogens is 2. The number of halogens is 1. The second-order valence-corrected chi connectivity index (χ2v) is 4.81. The lowest BCUT2D eigenvalue weighted by Gasteiger charge is -2.36. The van der Waals surface area contributed by atoms with Crippen LogP contribution in [0.25, 0.3) is 0 Å². The Morgan fingerprint density at radius 1 is 1.41 bits per heavy atom. The molecule has 2 unspecified atom stereocenters. The topological polar surface area (TPSA) is 47.4 Å². The van der Waals surface area contributed by atoms with Crippen molar-refractivity contribution in [1.82, 2.24) is 9.78 Å². The minimum Gasteiger partial charge on any atom is -0.372 e. The van der Waals surface area contributed by atoms with Crippen LogP contribution < -0.4 is 10.5 Å². The van der Waals surface area contributed by atoms with Crippen LogP contribution in [0.2, 0.25) is 5.02 Å². The first-order chi connectivity index (χ1) is 7.99. The average Bonchev–Trinajstić information content (AvgIpc) is 2.24. The Labute approximate surface area is 105 Å². The molecular weight excluding hydrogens is 242 g/mol. The first-order valence-electron chi connectivity index (χ1n) is 5.61. The fourth-order valence-corrected chi connectivity index (χ4v) is 2.39. The van der Waals surface area contributed by atoms with E-state index in [9.17, 15) is 4.79 Å². The number of hydrogen-bond acceptors (Lipinski definition) is 4. The summed E-state index contributed by atoms with van der Waals surface area (Å²) in [5, 5.41) is 4.23. The fourth-order valence-electron chi connectivity index (χ4n) is 2.10. The lowest BCUT2D eigenvalue weighted by Crippen LogP contribution is -2.46. The van der Waals surface area contributed by atoms with E-state index in [2.05, 4.69) is 10.00 Å². The molecular formula is C11H16ClN3O2. The van der Waals surface area contributed by atoms with Crippen LogP contribution in [0.5, 0.6) is 0 Å². The Morgan fingerprint density at radius 2 is 2.00 bits per heavy atom. The molecule has 0 saturated carbocycles. The average molecular weight is 258 g/mol. The van der Waals surface area contributed by atoms with Crippen molar-refractivity contribution in [3.8, 4) is 0 Å². The fraction of sp³-hybridized carbons (Fsp3) is 0.636. The zero-order valence-electron chi connectivity index (χ0n) is 10.2. The molecule has 1 aromatic heterocycles. The van der Waals surface area contributed by atoms with Gasteiger partial charge in [-0.25, -0.2) is 4.68 Å². The van der Waals surface area contributed by atoms with Crippen molar-refractivity contribution in [3.63, 3.8) is 0 Å². The highest BCUT2D eigenvalue weighted by molar-refractivity contribution is 6.33. The van der Waals surface area contributed by atoms with E-state index in [1.807, 2.05) is 13.8 Å². The minimum absolute atomic E-state index is 0.124. The van der Waals surface area contributed by atoms with Crippen LogP contribution in [0.1, 0.15) is 13.8 Å². The lowest BCUT2D eigenvalue weighted by molar-refractivity contribution is -0.00524. The molecule has 2 heterocycles. The molecule has 94 valence electrons. The van der Waals surface area contributed by atoms with Gasteiger partial charge in [0.15, 0.2) is 0 Å². The lowest BCUT2D eigenvalue weighted by atomic mass is 10.2. The molecule has 0 aromatic carbocycles. The van der Waals surface area contributed by atoms with Gasteiger partial charge in [-0.2, -0.15) is 5.10 Å². The predicted molar refractivity (Wildman–Crippen MR) is 66.7 cm³/mol. The number of rotatable bonds is 1. The van der Waals surface area contributed by atoms with Crippen molar-refractivity contribution in [3.05, 3.63) is 21.6 Å². The van der Waals surface area contributed by atoms with E-state index in [1.165, 1.54) is 4.68 Å². The summed E-state index contributed by atoms with van der Waals surface area (Å²) >= 11 is 6.07. The summed E-state index contributed by atoms with van der Waals surface area (Å²) in [5.74, 6) is 0. The molecule has 1 aliphatic heterocycles. The molecule has 1 fully saturated rings. The van der Waals surface area contributed by atoms with Gasteiger partial charge in [0, 0.05) is 20.1 Å². The zero-order chi connectivity index (χ0) is 12.6. The van der Waals surface area contributed by atoms with E-state index in [0.29, 0.717) is 5.69 Å². The van der Waals surface area contributed by atoms with Crippen LogP contribution in [0.3, 0.4) is 0 Å². The number of hydrogen-bond donors (Lipinski definition) is 0. The molecule has 0 amide bonds. The summed E-state index contributed by atoms with van der Waals surface area (Å²) in [6, 6.07) is 0. The smallest absolute Gasteiger partial charge is 0.287 e. The molecule has 5 nitrogen and oxygen atoms in total. The summed E-state index contributed by atoms with van der Waals surface area (Å²) < 4.78 is 6.88. The van der Waals surface area contributed by atoms with Gasteiger partial charge in [-0.1, -0.05) is 11.6 Å². The van der Waals surface area contributed by atoms with E-state index in [-0.39, 0.29) is 22.8 Å². The van der Waals surface area contributed by atoms with Gasteiger partial charge in [-0.05, 0) is 13.8 Å². The van der Waals surface area contributed by atoms with Gasteiger partial charge in [0.2, 0.25) is 0 Å². The molecule has 17 heavy (non-hydrogen) atoms. The normalized spacial score (nSPS) is 25.1. The van der Waals surface area contributed by atoms with E-state index in [4.69, 9.17) is 16.3 Å². The summed E-state index contributed by atoms with van der Waals surface area (Å²) in [5.41, 5.74) is 0.424. The number of anilines is 1. The Kier molecular flexibility index (Phi) is 3.40. The molecule has 0 radical (unpaired) electrons. The van der Waals surface area contributed by atoms with Crippen LogP contribution in [-0.2, 0) is 11.8 Å². The highest BCUT2D eigenvalue weighted by atomic mass is 35.5. The maximum Gasteiger partial charge on any atom is 0.287 e. The van der Waals surface area contributed by atoms with Gasteiger partial charge < -0.3 is 9.64 Å². The molecule has 6 heteroatoms. The summed E-state index contributed by atoms with van der Waals surface area (Å²) in [6.07, 6.45) is 1.88. The van der Waals surface area contributed by atoms with E-state index >= 15 is 0 Å².